The van der Waals surface area contributed by atoms with Crippen molar-refractivity contribution in [2.45, 2.75) is 32.3 Å². The molecule has 0 aromatic heterocycles. The minimum absolute atomic E-state index is 0.356. The van der Waals surface area contributed by atoms with Crippen LogP contribution < -0.4 is 5.32 Å². The number of benzene rings is 2. The van der Waals surface area contributed by atoms with Crippen molar-refractivity contribution in [3.63, 3.8) is 0 Å². The van der Waals surface area contributed by atoms with Gasteiger partial charge in [0.25, 0.3) is 5.91 Å². The average Bonchev–Trinajstić information content (AvgIpc) is 3.05. The summed E-state index contributed by atoms with van der Waals surface area (Å²) in [6, 6.07) is 10.3. The van der Waals surface area contributed by atoms with Gasteiger partial charge in [-0.3, -0.25) is 4.79 Å². The molecular weight excluding hydrogens is 361 g/mol. The van der Waals surface area contributed by atoms with Crippen molar-refractivity contribution in [3.05, 3.63) is 63.1 Å². The van der Waals surface area contributed by atoms with Crippen LogP contribution in [0.1, 0.15) is 34.8 Å². The fourth-order valence-electron chi connectivity index (χ4n) is 2.81. The molecule has 0 aliphatic heterocycles. The van der Waals surface area contributed by atoms with Gasteiger partial charge in [0.1, 0.15) is 0 Å². The lowest BCUT2D eigenvalue weighted by Gasteiger charge is -2.15. The van der Waals surface area contributed by atoms with Crippen molar-refractivity contribution in [1.29, 1.82) is 0 Å². The quantitative estimate of drug-likeness (QED) is 0.787. The van der Waals surface area contributed by atoms with E-state index in [1.165, 1.54) is 24.1 Å². The molecule has 1 aliphatic rings. The second-order valence-corrected chi connectivity index (χ2v) is 6.84. The molecule has 1 atom stereocenters. The van der Waals surface area contributed by atoms with Gasteiger partial charge >= 0.3 is 5.97 Å². The zero-order valence-electron chi connectivity index (χ0n) is 13.6. The Bertz CT molecular complexity index is 835. The highest BCUT2D eigenvalue weighted by Gasteiger charge is 2.21. The molecule has 130 valence electrons. The van der Waals surface area contributed by atoms with Crippen LogP contribution in [0, 0.1) is 0 Å². The highest BCUT2D eigenvalue weighted by molar-refractivity contribution is 6.35. The Hall–Kier alpha value is -2.04. The second-order valence-electron chi connectivity index (χ2n) is 6.00. The molecule has 0 unspecified atom stereocenters. The van der Waals surface area contributed by atoms with Gasteiger partial charge in [-0.15, -0.1) is 0 Å². The van der Waals surface area contributed by atoms with E-state index in [2.05, 4.69) is 5.32 Å². The van der Waals surface area contributed by atoms with Crippen LogP contribution in [0.3, 0.4) is 0 Å². The Labute approximate surface area is 156 Å². The van der Waals surface area contributed by atoms with Crippen molar-refractivity contribution in [1.82, 2.24) is 0 Å². The molecule has 25 heavy (non-hydrogen) atoms. The van der Waals surface area contributed by atoms with Crippen LogP contribution in [-0.4, -0.2) is 18.0 Å². The molecule has 0 fully saturated rings. The number of amides is 1. The number of ether oxygens (including phenoxy) is 1. The number of anilines is 1. The van der Waals surface area contributed by atoms with Crippen LogP contribution in [0.25, 0.3) is 0 Å². The predicted octanol–water partition coefficient (Wildman–Crippen LogP) is 4.67. The summed E-state index contributed by atoms with van der Waals surface area (Å²) in [5, 5.41) is 3.42. The Morgan fingerprint density at radius 1 is 1.08 bits per heavy atom. The maximum Gasteiger partial charge on any atom is 0.338 e. The number of fused-ring (bicyclic) bond motifs is 1. The summed E-state index contributed by atoms with van der Waals surface area (Å²) in [5.41, 5.74) is 3.29. The maximum absolute atomic E-state index is 12.3. The van der Waals surface area contributed by atoms with Crippen molar-refractivity contribution in [3.8, 4) is 0 Å². The van der Waals surface area contributed by atoms with Crippen molar-refractivity contribution >= 4 is 40.8 Å². The number of nitrogens with one attached hydrogen (secondary N) is 1. The lowest BCUT2D eigenvalue weighted by atomic mass is 10.1. The van der Waals surface area contributed by atoms with Crippen LogP contribution in [0.5, 0.6) is 0 Å². The molecule has 1 amide bonds. The molecule has 1 aliphatic carbocycles. The average molecular weight is 378 g/mol. The van der Waals surface area contributed by atoms with E-state index in [-0.39, 0.29) is 0 Å². The molecule has 0 radical (unpaired) electrons. The molecular formula is C19H17Cl2NO3. The van der Waals surface area contributed by atoms with E-state index >= 15 is 0 Å². The lowest BCUT2D eigenvalue weighted by Crippen LogP contribution is -2.30. The lowest BCUT2D eigenvalue weighted by molar-refractivity contribution is -0.123. The maximum atomic E-state index is 12.3. The standard InChI is InChI=1S/C19H17Cl2NO3/c1-11(18(23)22-17-10-15(20)7-8-16(17)21)25-19(24)14-6-5-12-3-2-4-13(12)9-14/h5-11H,2-4H2,1H3,(H,22,23)/t11-/m1/s1. The van der Waals surface area contributed by atoms with Gasteiger partial charge < -0.3 is 10.1 Å². The van der Waals surface area contributed by atoms with Crippen molar-refractivity contribution in [2.24, 2.45) is 0 Å². The molecule has 0 saturated heterocycles. The van der Waals surface area contributed by atoms with Crippen LogP contribution in [0.2, 0.25) is 10.0 Å². The van der Waals surface area contributed by atoms with Gasteiger partial charge in [-0.2, -0.15) is 0 Å². The minimum atomic E-state index is -0.962. The fourth-order valence-corrected chi connectivity index (χ4v) is 3.15. The summed E-state index contributed by atoms with van der Waals surface area (Å²) in [6.07, 6.45) is 2.16. The molecule has 1 N–H and O–H groups in total. The van der Waals surface area contributed by atoms with Crippen molar-refractivity contribution < 1.29 is 14.3 Å². The molecule has 0 bridgehead atoms. The van der Waals surface area contributed by atoms with Gasteiger partial charge in [0.2, 0.25) is 0 Å². The summed E-state index contributed by atoms with van der Waals surface area (Å²) in [5.74, 6) is -0.992. The van der Waals surface area contributed by atoms with Crippen LogP contribution in [0.15, 0.2) is 36.4 Å². The molecule has 0 spiro atoms. The number of hydrogen-bond acceptors (Lipinski definition) is 3. The summed E-state index contributed by atoms with van der Waals surface area (Å²) in [6.45, 7) is 1.51. The van der Waals surface area contributed by atoms with Gasteiger partial charge in [0.15, 0.2) is 6.10 Å². The SMILES string of the molecule is C[C@@H](OC(=O)c1ccc2c(c1)CCC2)C(=O)Nc1cc(Cl)ccc1Cl. The molecule has 2 aromatic carbocycles. The number of carbonyl (C=O) groups is 2. The largest absolute Gasteiger partial charge is 0.449 e. The molecule has 6 heteroatoms. The van der Waals surface area contributed by atoms with E-state index in [0.717, 1.165) is 19.3 Å². The van der Waals surface area contributed by atoms with Crippen LogP contribution in [0.4, 0.5) is 5.69 Å². The second kappa shape index (κ2) is 7.46. The van der Waals surface area contributed by atoms with Crippen LogP contribution >= 0.6 is 23.2 Å². The number of halogens is 2. The van der Waals surface area contributed by atoms with E-state index in [0.29, 0.717) is 21.3 Å². The fraction of sp³-hybridized carbons (Fsp3) is 0.263. The van der Waals surface area contributed by atoms with E-state index in [1.54, 1.807) is 18.2 Å². The normalized spacial score (nSPS) is 13.9. The van der Waals surface area contributed by atoms with Gasteiger partial charge in [-0.1, -0.05) is 29.3 Å². The zero-order chi connectivity index (χ0) is 18.0. The number of aryl methyl sites for hydroxylation is 2. The topological polar surface area (TPSA) is 55.4 Å². The number of esters is 1. The third-order valence-electron chi connectivity index (χ3n) is 4.17. The predicted molar refractivity (Wildman–Crippen MR) is 98.4 cm³/mol. The van der Waals surface area contributed by atoms with Gasteiger partial charge in [0, 0.05) is 5.02 Å². The number of carbonyl (C=O) groups excluding carboxylic acids is 2. The monoisotopic (exact) mass is 377 g/mol. The first-order chi connectivity index (χ1) is 11.9. The van der Waals surface area contributed by atoms with E-state index in [9.17, 15) is 9.59 Å². The molecule has 0 saturated carbocycles. The smallest absolute Gasteiger partial charge is 0.338 e. The first kappa shape index (κ1) is 17.8. The van der Waals surface area contributed by atoms with Gasteiger partial charge in [-0.05, 0) is 67.6 Å². The highest BCUT2D eigenvalue weighted by Crippen LogP contribution is 2.26. The van der Waals surface area contributed by atoms with Crippen LogP contribution in [-0.2, 0) is 22.4 Å². The van der Waals surface area contributed by atoms with Gasteiger partial charge in [-0.25, -0.2) is 4.79 Å². The number of rotatable bonds is 4. The zero-order valence-corrected chi connectivity index (χ0v) is 15.2. The third kappa shape index (κ3) is 4.14. The third-order valence-corrected chi connectivity index (χ3v) is 4.74. The van der Waals surface area contributed by atoms with Gasteiger partial charge in [0.05, 0.1) is 16.3 Å². The summed E-state index contributed by atoms with van der Waals surface area (Å²) in [7, 11) is 0. The van der Waals surface area contributed by atoms with E-state index in [4.69, 9.17) is 27.9 Å². The number of hydrogen-bond donors (Lipinski definition) is 1. The Morgan fingerprint density at radius 3 is 2.64 bits per heavy atom. The molecule has 2 aromatic rings. The summed E-state index contributed by atoms with van der Waals surface area (Å²) < 4.78 is 5.27. The molecule has 3 rings (SSSR count). The Balaban J connectivity index is 1.64. The Morgan fingerprint density at radius 2 is 1.84 bits per heavy atom. The minimum Gasteiger partial charge on any atom is -0.449 e. The summed E-state index contributed by atoms with van der Waals surface area (Å²) >= 11 is 11.9. The highest BCUT2D eigenvalue weighted by atomic mass is 35.5. The van der Waals surface area contributed by atoms with E-state index in [1.807, 2.05) is 12.1 Å². The first-order valence-corrected chi connectivity index (χ1v) is 8.78. The molecule has 4 nitrogen and oxygen atoms in total. The molecule has 0 heterocycles. The van der Waals surface area contributed by atoms with Crippen molar-refractivity contribution in [2.75, 3.05) is 5.32 Å². The summed E-state index contributed by atoms with van der Waals surface area (Å²) in [4.78, 5) is 24.5. The Kier molecular flexibility index (Phi) is 5.30. The first-order valence-electron chi connectivity index (χ1n) is 8.03. The van der Waals surface area contributed by atoms with E-state index < -0.39 is 18.0 Å².